The Morgan fingerprint density at radius 3 is 2.47 bits per heavy atom. The first-order valence-electron chi connectivity index (χ1n) is 5.91. The highest BCUT2D eigenvalue weighted by atomic mass is 15.2. The van der Waals surface area contributed by atoms with E-state index in [1.54, 1.807) is 0 Å². The second kappa shape index (κ2) is 4.34. The summed E-state index contributed by atoms with van der Waals surface area (Å²) in [5.41, 5.74) is 8.25. The molecule has 0 unspecified atom stereocenters. The van der Waals surface area contributed by atoms with E-state index in [0.29, 0.717) is 5.92 Å². The normalized spacial score (nSPS) is 11.2. The summed E-state index contributed by atoms with van der Waals surface area (Å²) in [5.74, 6) is 6.00. The predicted octanol–water partition coefficient (Wildman–Crippen LogP) is 3.26. The van der Waals surface area contributed by atoms with Crippen LogP contribution in [0.15, 0.2) is 18.2 Å². The van der Waals surface area contributed by atoms with Gasteiger partial charge in [-0.2, -0.15) is 0 Å². The molecule has 0 saturated heterocycles. The van der Waals surface area contributed by atoms with Crippen molar-refractivity contribution >= 4 is 16.6 Å². The number of fused-ring (bicyclic) bond motifs is 1. The van der Waals surface area contributed by atoms with Crippen LogP contribution in [-0.2, 0) is 0 Å². The van der Waals surface area contributed by atoms with Crippen LogP contribution in [0, 0.1) is 13.8 Å². The Hall–Kier alpha value is -1.61. The van der Waals surface area contributed by atoms with Crippen molar-refractivity contribution < 1.29 is 0 Å². The number of nitrogens with two attached hydrogens (primary N) is 1. The molecule has 3 nitrogen and oxygen atoms in total. The van der Waals surface area contributed by atoms with Crippen molar-refractivity contribution in [3.05, 3.63) is 35.0 Å². The van der Waals surface area contributed by atoms with Crippen molar-refractivity contribution in [3.63, 3.8) is 0 Å². The van der Waals surface area contributed by atoms with Gasteiger partial charge in [0.15, 0.2) is 0 Å². The summed E-state index contributed by atoms with van der Waals surface area (Å²) in [7, 11) is 0. The van der Waals surface area contributed by atoms with Gasteiger partial charge in [0.05, 0.1) is 11.2 Å². The molecule has 0 aliphatic heterocycles. The number of aryl methyl sites for hydroxylation is 2. The van der Waals surface area contributed by atoms with Crippen LogP contribution in [0.3, 0.4) is 0 Å². The summed E-state index contributed by atoms with van der Waals surface area (Å²) in [5, 5.41) is 1.09. The summed E-state index contributed by atoms with van der Waals surface area (Å²) < 4.78 is 0. The molecule has 1 aromatic heterocycles. The Morgan fingerprint density at radius 2 is 1.88 bits per heavy atom. The standard InChI is InChI=1S/C14H19N3/c1-8(2)12-7-13(17-15)11-6-9(3)5-10(4)14(11)16-12/h5-8H,15H2,1-4H3,(H,16,17). The van der Waals surface area contributed by atoms with E-state index in [4.69, 9.17) is 10.8 Å². The topological polar surface area (TPSA) is 50.9 Å². The van der Waals surface area contributed by atoms with Gasteiger partial charge in [0, 0.05) is 11.1 Å². The maximum atomic E-state index is 5.61. The van der Waals surface area contributed by atoms with Gasteiger partial charge < -0.3 is 5.43 Å². The molecule has 0 saturated carbocycles. The van der Waals surface area contributed by atoms with E-state index in [9.17, 15) is 0 Å². The molecule has 1 aromatic carbocycles. The van der Waals surface area contributed by atoms with E-state index in [2.05, 4.69) is 45.3 Å². The Bertz CT molecular complexity index is 559. The van der Waals surface area contributed by atoms with Gasteiger partial charge in [0.25, 0.3) is 0 Å². The molecule has 3 N–H and O–H groups in total. The van der Waals surface area contributed by atoms with Crippen molar-refractivity contribution in [2.45, 2.75) is 33.6 Å². The van der Waals surface area contributed by atoms with E-state index in [1.165, 1.54) is 11.1 Å². The Labute approximate surface area is 102 Å². The maximum absolute atomic E-state index is 5.61. The number of hydrazine groups is 1. The SMILES string of the molecule is Cc1cc(C)c2nc(C(C)C)cc(NN)c2c1. The van der Waals surface area contributed by atoms with E-state index in [-0.39, 0.29) is 0 Å². The van der Waals surface area contributed by atoms with Crippen LogP contribution >= 0.6 is 0 Å². The third-order valence-corrected chi connectivity index (χ3v) is 3.02. The Kier molecular flexibility index (Phi) is 3.03. The molecule has 2 aromatic rings. The van der Waals surface area contributed by atoms with Gasteiger partial charge in [-0.15, -0.1) is 0 Å². The first-order valence-corrected chi connectivity index (χ1v) is 5.91. The maximum Gasteiger partial charge on any atom is 0.0756 e. The van der Waals surface area contributed by atoms with Crippen molar-refractivity contribution in [1.29, 1.82) is 0 Å². The van der Waals surface area contributed by atoms with Gasteiger partial charge in [-0.25, -0.2) is 0 Å². The van der Waals surface area contributed by atoms with Crippen LogP contribution in [0.4, 0.5) is 5.69 Å². The van der Waals surface area contributed by atoms with Crippen LogP contribution in [0.25, 0.3) is 10.9 Å². The molecule has 0 spiro atoms. The lowest BCUT2D eigenvalue weighted by Gasteiger charge is -2.13. The van der Waals surface area contributed by atoms with Crippen LogP contribution in [-0.4, -0.2) is 4.98 Å². The Balaban J connectivity index is 2.82. The molecule has 0 aliphatic carbocycles. The number of benzene rings is 1. The number of nitrogens with zero attached hydrogens (tertiary/aromatic N) is 1. The van der Waals surface area contributed by atoms with Crippen molar-refractivity contribution in [2.75, 3.05) is 5.43 Å². The Morgan fingerprint density at radius 1 is 1.18 bits per heavy atom. The fourth-order valence-corrected chi connectivity index (χ4v) is 2.12. The molecule has 0 amide bonds. The number of rotatable bonds is 2. The van der Waals surface area contributed by atoms with Gasteiger partial charge >= 0.3 is 0 Å². The number of anilines is 1. The number of hydrogen-bond donors (Lipinski definition) is 2. The van der Waals surface area contributed by atoms with Crippen molar-refractivity contribution in [1.82, 2.24) is 4.98 Å². The second-order valence-electron chi connectivity index (χ2n) is 4.87. The second-order valence-corrected chi connectivity index (χ2v) is 4.87. The van der Waals surface area contributed by atoms with E-state index >= 15 is 0 Å². The van der Waals surface area contributed by atoms with Crippen LogP contribution in [0.1, 0.15) is 36.6 Å². The lowest BCUT2D eigenvalue weighted by molar-refractivity contribution is 0.829. The summed E-state index contributed by atoms with van der Waals surface area (Å²) in [6.45, 7) is 8.45. The number of nitrogen functional groups attached to an aromatic ring is 1. The zero-order chi connectivity index (χ0) is 12.6. The van der Waals surface area contributed by atoms with Crippen molar-refractivity contribution in [3.8, 4) is 0 Å². The summed E-state index contributed by atoms with van der Waals surface area (Å²) >= 11 is 0. The number of pyridine rings is 1. The molecule has 1 heterocycles. The van der Waals surface area contributed by atoms with E-state index in [0.717, 1.165) is 22.3 Å². The van der Waals surface area contributed by atoms with E-state index in [1.807, 2.05) is 6.07 Å². The zero-order valence-electron chi connectivity index (χ0n) is 10.8. The summed E-state index contributed by atoms with van der Waals surface area (Å²) in [4.78, 5) is 4.73. The van der Waals surface area contributed by atoms with Crippen LogP contribution in [0.5, 0.6) is 0 Å². The smallest absolute Gasteiger partial charge is 0.0756 e. The van der Waals surface area contributed by atoms with E-state index < -0.39 is 0 Å². The number of nitrogens with one attached hydrogen (secondary N) is 1. The lowest BCUT2D eigenvalue weighted by atomic mass is 10.0. The molecule has 3 heteroatoms. The largest absolute Gasteiger partial charge is 0.323 e. The third-order valence-electron chi connectivity index (χ3n) is 3.02. The first-order chi connectivity index (χ1) is 8.02. The molecule has 17 heavy (non-hydrogen) atoms. The molecule has 0 atom stereocenters. The average molecular weight is 229 g/mol. The molecule has 0 bridgehead atoms. The molecule has 0 radical (unpaired) electrons. The summed E-state index contributed by atoms with van der Waals surface area (Å²) in [6.07, 6.45) is 0. The molecular formula is C14H19N3. The molecule has 90 valence electrons. The highest BCUT2D eigenvalue weighted by Gasteiger charge is 2.10. The average Bonchev–Trinajstić information content (AvgIpc) is 2.27. The summed E-state index contributed by atoms with van der Waals surface area (Å²) in [6, 6.07) is 6.31. The third kappa shape index (κ3) is 2.11. The highest BCUT2D eigenvalue weighted by Crippen LogP contribution is 2.28. The number of hydrogen-bond acceptors (Lipinski definition) is 3. The first kappa shape index (κ1) is 11.9. The minimum absolute atomic E-state index is 0.396. The van der Waals surface area contributed by atoms with Gasteiger partial charge in [-0.3, -0.25) is 10.8 Å². The fraction of sp³-hybridized carbons (Fsp3) is 0.357. The van der Waals surface area contributed by atoms with Crippen molar-refractivity contribution in [2.24, 2.45) is 5.84 Å². The molecule has 0 fully saturated rings. The van der Waals surface area contributed by atoms with Gasteiger partial charge in [0.1, 0.15) is 0 Å². The number of aromatic nitrogens is 1. The van der Waals surface area contributed by atoms with Crippen LogP contribution < -0.4 is 11.3 Å². The predicted molar refractivity (Wildman–Crippen MR) is 73.1 cm³/mol. The minimum Gasteiger partial charge on any atom is -0.323 e. The minimum atomic E-state index is 0.396. The van der Waals surface area contributed by atoms with Gasteiger partial charge in [-0.05, 0) is 37.5 Å². The van der Waals surface area contributed by atoms with Gasteiger partial charge in [0.2, 0.25) is 0 Å². The molecule has 0 aliphatic rings. The monoisotopic (exact) mass is 229 g/mol. The molecular weight excluding hydrogens is 210 g/mol. The molecule has 2 rings (SSSR count). The fourth-order valence-electron chi connectivity index (χ4n) is 2.12. The highest BCUT2D eigenvalue weighted by molar-refractivity contribution is 5.93. The van der Waals surface area contributed by atoms with Crippen LogP contribution in [0.2, 0.25) is 0 Å². The zero-order valence-corrected chi connectivity index (χ0v) is 10.8. The quantitative estimate of drug-likeness (QED) is 0.614. The lowest BCUT2D eigenvalue weighted by Crippen LogP contribution is -2.09. The van der Waals surface area contributed by atoms with Gasteiger partial charge in [-0.1, -0.05) is 25.5 Å².